The maximum absolute atomic E-state index is 12.4. The summed E-state index contributed by atoms with van der Waals surface area (Å²) in [5, 5.41) is 11.9. The van der Waals surface area contributed by atoms with E-state index in [1.807, 2.05) is 32.0 Å². The van der Waals surface area contributed by atoms with Gasteiger partial charge in [-0.15, -0.1) is 0 Å². The number of piperidine rings is 1. The topological polar surface area (TPSA) is 69.6 Å². The summed E-state index contributed by atoms with van der Waals surface area (Å²) in [6.07, 6.45) is 2.58. The minimum atomic E-state index is -0.612. The number of aliphatic hydroxyl groups excluding tert-OH is 1. The molecule has 1 aromatic carbocycles. The molecule has 2 amide bonds. The predicted octanol–water partition coefficient (Wildman–Crippen LogP) is 1.81. The molecule has 1 aromatic rings. The summed E-state index contributed by atoms with van der Waals surface area (Å²) in [6, 6.07) is 7.53. The molecule has 5 nitrogen and oxygen atoms in total. The third kappa shape index (κ3) is 3.85. The Morgan fingerprint density at radius 3 is 2.82 bits per heavy atom. The molecule has 0 aliphatic carbocycles. The molecule has 2 atom stereocenters. The van der Waals surface area contributed by atoms with Gasteiger partial charge in [0.05, 0.1) is 0 Å². The van der Waals surface area contributed by atoms with E-state index >= 15 is 0 Å². The lowest BCUT2D eigenvalue weighted by molar-refractivity contribution is -0.146. The molecular formula is C17H24N2O3. The van der Waals surface area contributed by atoms with Gasteiger partial charge in [-0.05, 0) is 49.8 Å². The maximum atomic E-state index is 12.4. The van der Waals surface area contributed by atoms with Crippen LogP contribution in [-0.4, -0.2) is 41.0 Å². The molecule has 5 heteroatoms. The fourth-order valence-corrected chi connectivity index (χ4v) is 2.80. The lowest BCUT2D eigenvalue weighted by Gasteiger charge is -2.36. The molecule has 2 unspecified atom stereocenters. The number of rotatable bonds is 3. The van der Waals surface area contributed by atoms with Gasteiger partial charge < -0.3 is 15.3 Å². The van der Waals surface area contributed by atoms with Gasteiger partial charge in [-0.3, -0.25) is 9.59 Å². The van der Waals surface area contributed by atoms with Crippen LogP contribution in [0.5, 0.6) is 0 Å². The highest BCUT2D eigenvalue weighted by Crippen LogP contribution is 2.22. The van der Waals surface area contributed by atoms with Gasteiger partial charge in [0.15, 0.2) is 0 Å². The number of amides is 2. The van der Waals surface area contributed by atoms with Gasteiger partial charge in [0.25, 0.3) is 0 Å². The Balaban J connectivity index is 2.03. The van der Waals surface area contributed by atoms with E-state index in [9.17, 15) is 14.7 Å². The average Bonchev–Trinajstić information content (AvgIpc) is 2.54. The number of likely N-dealkylation sites (tertiary alicyclic amines) is 1. The van der Waals surface area contributed by atoms with Gasteiger partial charge in [0.2, 0.25) is 0 Å². The van der Waals surface area contributed by atoms with Gasteiger partial charge in [-0.2, -0.15) is 0 Å². The molecule has 0 radical (unpaired) electrons. The van der Waals surface area contributed by atoms with E-state index in [-0.39, 0.29) is 18.6 Å². The van der Waals surface area contributed by atoms with Crippen LogP contribution in [0.4, 0.5) is 5.69 Å². The molecule has 0 aromatic heterocycles. The molecule has 1 heterocycles. The van der Waals surface area contributed by atoms with E-state index in [0.29, 0.717) is 12.2 Å². The van der Waals surface area contributed by atoms with Crippen LogP contribution >= 0.6 is 0 Å². The van der Waals surface area contributed by atoms with E-state index < -0.39 is 11.8 Å². The Labute approximate surface area is 131 Å². The largest absolute Gasteiger partial charge is 0.396 e. The first-order chi connectivity index (χ1) is 10.5. The van der Waals surface area contributed by atoms with E-state index in [1.165, 1.54) is 0 Å². The van der Waals surface area contributed by atoms with Crippen LogP contribution in [-0.2, 0) is 16.0 Å². The highest BCUT2D eigenvalue weighted by Gasteiger charge is 2.32. The number of nitrogens with zero attached hydrogens (tertiary/aromatic N) is 1. The molecule has 0 saturated carbocycles. The number of benzene rings is 1. The molecule has 0 spiro atoms. The van der Waals surface area contributed by atoms with Crippen molar-refractivity contribution in [1.82, 2.24) is 4.90 Å². The summed E-state index contributed by atoms with van der Waals surface area (Å²) in [5.74, 6) is -1.07. The van der Waals surface area contributed by atoms with Gasteiger partial charge in [0, 0.05) is 24.9 Å². The van der Waals surface area contributed by atoms with Crippen LogP contribution in [0.25, 0.3) is 0 Å². The summed E-state index contributed by atoms with van der Waals surface area (Å²) >= 11 is 0. The number of aryl methyl sites for hydroxylation is 1. The molecule has 1 fully saturated rings. The predicted molar refractivity (Wildman–Crippen MR) is 85.4 cm³/mol. The number of nitrogens with one attached hydrogen (secondary N) is 1. The summed E-state index contributed by atoms with van der Waals surface area (Å²) in [6.45, 7) is 4.47. The molecule has 0 bridgehead atoms. The standard InChI is InChI=1S/C17H24N2O3/c1-3-13-5-4-6-15(9-13)18-16(21)17(22)19-10-14(11-20)8-7-12(19)2/h4-6,9,12,14,20H,3,7-8,10-11H2,1-2H3,(H,18,21). The van der Waals surface area contributed by atoms with Crippen molar-refractivity contribution in [3.05, 3.63) is 29.8 Å². The average molecular weight is 304 g/mol. The summed E-state index contributed by atoms with van der Waals surface area (Å²) in [5.41, 5.74) is 1.75. The fraction of sp³-hybridized carbons (Fsp3) is 0.529. The van der Waals surface area contributed by atoms with Crippen molar-refractivity contribution in [2.45, 2.75) is 39.2 Å². The monoisotopic (exact) mass is 304 g/mol. The van der Waals surface area contributed by atoms with Crippen LogP contribution < -0.4 is 5.32 Å². The van der Waals surface area contributed by atoms with E-state index in [1.54, 1.807) is 11.0 Å². The molecule has 22 heavy (non-hydrogen) atoms. The van der Waals surface area contributed by atoms with E-state index in [4.69, 9.17) is 0 Å². The van der Waals surface area contributed by atoms with Crippen LogP contribution in [0.3, 0.4) is 0 Å². The highest BCUT2D eigenvalue weighted by molar-refractivity contribution is 6.39. The first-order valence-corrected chi connectivity index (χ1v) is 7.86. The lowest BCUT2D eigenvalue weighted by atomic mass is 9.94. The molecule has 2 N–H and O–H groups in total. The first kappa shape index (κ1) is 16.5. The van der Waals surface area contributed by atoms with Gasteiger partial charge in [-0.1, -0.05) is 19.1 Å². The Kier molecular flexibility index (Phi) is 5.55. The molecular weight excluding hydrogens is 280 g/mol. The minimum Gasteiger partial charge on any atom is -0.396 e. The summed E-state index contributed by atoms with van der Waals surface area (Å²) < 4.78 is 0. The quantitative estimate of drug-likeness (QED) is 0.837. The number of carbonyl (C=O) groups is 2. The number of hydrogen-bond acceptors (Lipinski definition) is 3. The van der Waals surface area contributed by atoms with E-state index in [0.717, 1.165) is 24.8 Å². The Morgan fingerprint density at radius 1 is 1.36 bits per heavy atom. The summed E-state index contributed by atoms with van der Waals surface area (Å²) in [7, 11) is 0. The second-order valence-electron chi connectivity index (χ2n) is 5.94. The van der Waals surface area contributed by atoms with Crippen molar-refractivity contribution in [1.29, 1.82) is 0 Å². The fourth-order valence-electron chi connectivity index (χ4n) is 2.80. The van der Waals surface area contributed by atoms with Crippen LogP contribution in [0.1, 0.15) is 32.3 Å². The highest BCUT2D eigenvalue weighted by atomic mass is 16.3. The number of aliphatic hydroxyl groups is 1. The zero-order chi connectivity index (χ0) is 16.1. The first-order valence-electron chi connectivity index (χ1n) is 7.86. The zero-order valence-electron chi connectivity index (χ0n) is 13.2. The van der Waals surface area contributed by atoms with Crippen molar-refractivity contribution < 1.29 is 14.7 Å². The van der Waals surface area contributed by atoms with Gasteiger partial charge >= 0.3 is 11.8 Å². The Hall–Kier alpha value is -1.88. The van der Waals surface area contributed by atoms with Crippen LogP contribution in [0.15, 0.2) is 24.3 Å². The molecule has 120 valence electrons. The van der Waals surface area contributed by atoms with E-state index in [2.05, 4.69) is 5.32 Å². The number of anilines is 1. The Morgan fingerprint density at radius 2 is 2.14 bits per heavy atom. The second-order valence-corrected chi connectivity index (χ2v) is 5.94. The Bertz CT molecular complexity index is 544. The number of hydrogen-bond donors (Lipinski definition) is 2. The SMILES string of the molecule is CCc1cccc(NC(=O)C(=O)N2CC(CO)CCC2C)c1. The molecule has 1 aliphatic rings. The lowest BCUT2D eigenvalue weighted by Crippen LogP contribution is -2.50. The molecule has 1 aliphatic heterocycles. The molecule has 2 rings (SSSR count). The summed E-state index contributed by atoms with van der Waals surface area (Å²) in [4.78, 5) is 26.1. The zero-order valence-corrected chi connectivity index (χ0v) is 13.2. The van der Waals surface area contributed by atoms with Gasteiger partial charge in [-0.25, -0.2) is 0 Å². The minimum absolute atomic E-state index is 0.0306. The van der Waals surface area contributed by atoms with Crippen LogP contribution in [0, 0.1) is 5.92 Å². The van der Waals surface area contributed by atoms with Gasteiger partial charge in [0.1, 0.15) is 0 Å². The van der Waals surface area contributed by atoms with Crippen molar-refractivity contribution in [3.63, 3.8) is 0 Å². The van der Waals surface area contributed by atoms with Crippen molar-refractivity contribution in [2.24, 2.45) is 5.92 Å². The smallest absolute Gasteiger partial charge is 0.313 e. The van der Waals surface area contributed by atoms with Crippen molar-refractivity contribution in [2.75, 3.05) is 18.5 Å². The van der Waals surface area contributed by atoms with Crippen molar-refractivity contribution >= 4 is 17.5 Å². The third-order valence-corrected chi connectivity index (χ3v) is 4.29. The third-order valence-electron chi connectivity index (χ3n) is 4.29. The van der Waals surface area contributed by atoms with Crippen molar-refractivity contribution in [3.8, 4) is 0 Å². The normalized spacial score (nSPS) is 21.5. The van der Waals surface area contributed by atoms with Crippen LogP contribution in [0.2, 0.25) is 0 Å². The number of carbonyl (C=O) groups excluding carboxylic acids is 2. The molecule has 1 saturated heterocycles. The second kappa shape index (κ2) is 7.40. The maximum Gasteiger partial charge on any atom is 0.313 e.